The second-order valence-electron chi connectivity index (χ2n) is 4.03. The number of aromatic amines is 1. The van der Waals surface area contributed by atoms with Gasteiger partial charge in [0.25, 0.3) is 0 Å². The third-order valence-electron chi connectivity index (χ3n) is 2.23. The first-order valence-electron chi connectivity index (χ1n) is 4.57. The van der Waals surface area contributed by atoms with Crippen molar-refractivity contribution in [1.82, 2.24) is 9.55 Å². The van der Waals surface area contributed by atoms with E-state index in [1.54, 1.807) is 10.8 Å². The highest BCUT2D eigenvalue weighted by Gasteiger charge is 2.25. The van der Waals surface area contributed by atoms with Crippen molar-refractivity contribution in [3.8, 4) is 0 Å². The van der Waals surface area contributed by atoms with Gasteiger partial charge in [-0.25, -0.2) is 0 Å². The maximum absolute atomic E-state index is 10.9. The molecule has 0 aliphatic heterocycles. The quantitative estimate of drug-likeness (QED) is 0.663. The van der Waals surface area contributed by atoms with Crippen molar-refractivity contribution in [1.29, 1.82) is 0 Å². The summed E-state index contributed by atoms with van der Waals surface area (Å²) in [6, 6.07) is 0. The average Bonchev–Trinajstić information content (AvgIpc) is 2.44. The van der Waals surface area contributed by atoms with Crippen LogP contribution in [0.1, 0.15) is 26.0 Å². The van der Waals surface area contributed by atoms with Gasteiger partial charge in [0, 0.05) is 12.6 Å². The van der Waals surface area contributed by atoms with E-state index in [1.807, 2.05) is 13.8 Å². The smallest absolute Gasteiger partial charge is 0.219 e. The molecule has 5 nitrogen and oxygen atoms in total. The summed E-state index contributed by atoms with van der Waals surface area (Å²) in [5, 5.41) is 9.13. The van der Waals surface area contributed by atoms with Crippen molar-refractivity contribution in [2.75, 3.05) is 0 Å². The standard InChI is InChI=1S/C9H15N3O2S/c1-9(2,3-7(10)14)12-6(5-13)4-11-8(12)15/h4,13H,3,5H2,1-2H3,(H2,10,14)(H,11,15). The van der Waals surface area contributed by atoms with Crippen LogP contribution in [0.3, 0.4) is 0 Å². The minimum Gasteiger partial charge on any atom is -0.390 e. The van der Waals surface area contributed by atoms with E-state index in [4.69, 9.17) is 23.1 Å². The van der Waals surface area contributed by atoms with Crippen LogP contribution in [-0.2, 0) is 16.9 Å². The van der Waals surface area contributed by atoms with Gasteiger partial charge in [-0.15, -0.1) is 0 Å². The Morgan fingerprint density at radius 2 is 2.33 bits per heavy atom. The second-order valence-corrected chi connectivity index (χ2v) is 4.42. The summed E-state index contributed by atoms with van der Waals surface area (Å²) in [4.78, 5) is 13.8. The van der Waals surface area contributed by atoms with Crippen molar-refractivity contribution < 1.29 is 9.90 Å². The van der Waals surface area contributed by atoms with Gasteiger partial charge < -0.3 is 20.4 Å². The summed E-state index contributed by atoms with van der Waals surface area (Å²) in [6.07, 6.45) is 1.80. The maximum Gasteiger partial charge on any atom is 0.219 e. The number of nitrogens with one attached hydrogen (secondary N) is 1. The lowest BCUT2D eigenvalue weighted by molar-refractivity contribution is -0.119. The largest absolute Gasteiger partial charge is 0.390 e. The summed E-state index contributed by atoms with van der Waals surface area (Å²) in [6.45, 7) is 3.57. The highest BCUT2D eigenvalue weighted by Crippen LogP contribution is 2.22. The zero-order chi connectivity index (χ0) is 11.6. The first-order chi connectivity index (χ1) is 6.88. The van der Waals surface area contributed by atoms with E-state index in [9.17, 15) is 4.79 Å². The van der Waals surface area contributed by atoms with Gasteiger partial charge in [0.1, 0.15) is 0 Å². The first kappa shape index (κ1) is 11.9. The van der Waals surface area contributed by atoms with E-state index in [-0.39, 0.29) is 13.0 Å². The third kappa shape index (κ3) is 2.45. The number of imidazole rings is 1. The Labute approximate surface area is 92.9 Å². The molecule has 1 amide bonds. The number of rotatable bonds is 4. The van der Waals surface area contributed by atoms with E-state index < -0.39 is 11.4 Å². The molecule has 0 spiro atoms. The molecule has 0 saturated carbocycles. The number of aliphatic hydroxyl groups excluding tert-OH is 1. The molecular formula is C9H15N3O2S. The van der Waals surface area contributed by atoms with Gasteiger partial charge in [-0.1, -0.05) is 0 Å². The zero-order valence-electron chi connectivity index (χ0n) is 8.78. The molecular weight excluding hydrogens is 214 g/mol. The molecule has 0 aromatic carbocycles. The van der Waals surface area contributed by atoms with Crippen LogP contribution in [0.5, 0.6) is 0 Å². The molecule has 84 valence electrons. The molecule has 0 fully saturated rings. The number of H-pyrrole nitrogens is 1. The number of carbonyl (C=O) groups excluding carboxylic acids is 1. The molecule has 0 saturated heterocycles. The number of hydrogen-bond donors (Lipinski definition) is 3. The van der Waals surface area contributed by atoms with Gasteiger partial charge in [-0.2, -0.15) is 0 Å². The normalized spacial score (nSPS) is 11.7. The van der Waals surface area contributed by atoms with Crippen molar-refractivity contribution in [2.45, 2.75) is 32.4 Å². The Bertz CT molecular complexity index is 419. The molecule has 1 heterocycles. The second kappa shape index (κ2) is 4.16. The fourth-order valence-corrected chi connectivity index (χ4v) is 2.11. The molecule has 15 heavy (non-hydrogen) atoms. The maximum atomic E-state index is 10.9. The van der Waals surface area contributed by atoms with Gasteiger partial charge in [-0.05, 0) is 26.1 Å². The average molecular weight is 229 g/mol. The summed E-state index contributed by atoms with van der Waals surface area (Å²) in [7, 11) is 0. The van der Waals surface area contributed by atoms with Crippen LogP contribution in [0.25, 0.3) is 0 Å². The monoisotopic (exact) mass is 229 g/mol. The number of amides is 1. The molecule has 0 aliphatic rings. The minimum atomic E-state index is -0.527. The highest BCUT2D eigenvalue weighted by molar-refractivity contribution is 7.71. The molecule has 0 unspecified atom stereocenters. The molecule has 0 radical (unpaired) electrons. The summed E-state index contributed by atoms with van der Waals surface area (Å²) >= 11 is 5.08. The molecule has 0 atom stereocenters. The minimum absolute atomic E-state index is 0.130. The predicted octanol–water partition coefficient (Wildman–Crippen LogP) is 0.648. The van der Waals surface area contributed by atoms with Gasteiger partial charge in [0.05, 0.1) is 17.8 Å². The van der Waals surface area contributed by atoms with Gasteiger partial charge in [0.15, 0.2) is 4.77 Å². The summed E-state index contributed by atoms with van der Waals surface area (Å²) in [5.74, 6) is -0.396. The van der Waals surface area contributed by atoms with Crippen LogP contribution in [0, 0.1) is 4.77 Å². The number of aromatic nitrogens is 2. The van der Waals surface area contributed by atoms with Crippen LogP contribution < -0.4 is 5.73 Å². The molecule has 1 aromatic rings. The number of carbonyl (C=O) groups is 1. The topological polar surface area (TPSA) is 84.0 Å². The number of primary amides is 1. The van der Waals surface area contributed by atoms with E-state index in [0.717, 1.165) is 0 Å². The predicted molar refractivity (Wildman–Crippen MR) is 58.7 cm³/mol. The lowest BCUT2D eigenvalue weighted by atomic mass is 10.00. The first-order valence-corrected chi connectivity index (χ1v) is 4.98. The number of aliphatic hydroxyl groups is 1. The lowest BCUT2D eigenvalue weighted by Crippen LogP contribution is -2.33. The molecule has 0 aliphatic carbocycles. The van der Waals surface area contributed by atoms with Crippen LogP contribution >= 0.6 is 12.2 Å². The van der Waals surface area contributed by atoms with Crippen molar-refractivity contribution in [3.63, 3.8) is 0 Å². The molecule has 6 heteroatoms. The van der Waals surface area contributed by atoms with E-state index >= 15 is 0 Å². The Morgan fingerprint density at radius 3 is 2.80 bits per heavy atom. The fourth-order valence-electron chi connectivity index (χ4n) is 1.69. The molecule has 1 aromatic heterocycles. The lowest BCUT2D eigenvalue weighted by Gasteiger charge is -2.26. The summed E-state index contributed by atoms with van der Waals surface area (Å²) in [5.41, 5.74) is 5.29. The van der Waals surface area contributed by atoms with Crippen LogP contribution in [-0.4, -0.2) is 20.6 Å². The van der Waals surface area contributed by atoms with Gasteiger partial charge in [0.2, 0.25) is 5.91 Å². The zero-order valence-corrected chi connectivity index (χ0v) is 9.60. The Hall–Kier alpha value is -1.14. The Morgan fingerprint density at radius 1 is 1.73 bits per heavy atom. The van der Waals surface area contributed by atoms with Gasteiger partial charge in [-0.3, -0.25) is 4.79 Å². The molecule has 0 bridgehead atoms. The number of nitrogens with two attached hydrogens (primary N) is 1. The number of nitrogens with zero attached hydrogens (tertiary/aromatic N) is 1. The van der Waals surface area contributed by atoms with E-state index in [2.05, 4.69) is 4.98 Å². The van der Waals surface area contributed by atoms with Crippen molar-refractivity contribution >= 4 is 18.1 Å². The molecule has 1 rings (SSSR count). The Balaban J connectivity index is 3.18. The highest BCUT2D eigenvalue weighted by atomic mass is 32.1. The van der Waals surface area contributed by atoms with Crippen molar-refractivity contribution in [2.24, 2.45) is 5.73 Å². The third-order valence-corrected chi connectivity index (χ3v) is 2.53. The number of hydrogen-bond acceptors (Lipinski definition) is 3. The van der Waals surface area contributed by atoms with Crippen LogP contribution in [0.2, 0.25) is 0 Å². The van der Waals surface area contributed by atoms with Crippen molar-refractivity contribution in [3.05, 3.63) is 16.7 Å². The fraction of sp³-hybridized carbons (Fsp3) is 0.556. The van der Waals surface area contributed by atoms with Crippen LogP contribution in [0.15, 0.2) is 6.20 Å². The van der Waals surface area contributed by atoms with E-state index in [0.29, 0.717) is 10.5 Å². The van der Waals surface area contributed by atoms with Crippen LogP contribution in [0.4, 0.5) is 0 Å². The van der Waals surface area contributed by atoms with E-state index in [1.165, 1.54) is 0 Å². The summed E-state index contributed by atoms with van der Waals surface area (Å²) < 4.78 is 2.19. The Kier molecular flexibility index (Phi) is 3.31. The molecule has 4 N–H and O–H groups in total. The SMILES string of the molecule is CC(C)(CC(N)=O)n1c(CO)c[nH]c1=S. The van der Waals surface area contributed by atoms with Gasteiger partial charge >= 0.3 is 0 Å².